The van der Waals surface area contributed by atoms with Crippen LogP contribution in [0, 0.1) is 0 Å². The molecule has 3 aromatic rings. The first kappa shape index (κ1) is 18.2. The van der Waals surface area contributed by atoms with Gasteiger partial charge < -0.3 is 0 Å². The molecule has 0 radical (unpaired) electrons. The van der Waals surface area contributed by atoms with E-state index in [9.17, 15) is 4.79 Å². The van der Waals surface area contributed by atoms with Crippen LogP contribution in [0.1, 0.15) is 10.4 Å². The molecule has 2 nitrogen and oxygen atoms in total. The fraction of sp³-hybridized carbons (Fsp3) is 0.0500. The molecule has 0 aliphatic rings. The van der Waals surface area contributed by atoms with Gasteiger partial charge in [-0.2, -0.15) is 0 Å². The molecule has 25 heavy (non-hydrogen) atoms. The fourth-order valence-corrected chi connectivity index (χ4v) is 9.70. The van der Waals surface area contributed by atoms with Crippen LogP contribution in [0.5, 0.6) is 5.75 Å². The van der Waals surface area contributed by atoms with Gasteiger partial charge in [-0.25, -0.2) is 0 Å². The van der Waals surface area contributed by atoms with Gasteiger partial charge in [-0.05, 0) is 0 Å². The standard InChI is InChI=1S/C20H17O2PSSe/c1-22-17-14-12-16(13-15-17)20(21)24-23(25,18-8-4-2-5-9-18)19-10-6-3-7-11-19/h2-15H,1H3. The molecule has 0 N–H and O–H groups in total. The Kier molecular flexibility index (Phi) is 5.98. The molecular weight excluding hydrogens is 414 g/mol. The number of methoxy groups -OCH3 is 1. The van der Waals surface area contributed by atoms with E-state index in [1.165, 1.54) is 11.4 Å². The normalized spacial score (nSPS) is 11.1. The van der Waals surface area contributed by atoms with Gasteiger partial charge in [-0.15, -0.1) is 0 Å². The first-order chi connectivity index (χ1) is 12.1. The molecule has 0 bridgehead atoms. The van der Waals surface area contributed by atoms with Crippen molar-refractivity contribution in [3.8, 4) is 5.75 Å². The van der Waals surface area contributed by atoms with Crippen molar-refractivity contribution >= 4 is 46.9 Å². The second kappa shape index (κ2) is 8.21. The van der Waals surface area contributed by atoms with E-state index in [0.29, 0.717) is 5.56 Å². The zero-order valence-electron chi connectivity index (χ0n) is 13.7. The topological polar surface area (TPSA) is 26.3 Å². The second-order valence-electron chi connectivity index (χ2n) is 5.33. The predicted molar refractivity (Wildman–Crippen MR) is 110 cm³/mol. The Morgan fingerprint density at radius 2 is 1.32 bits per heavy atom. The van der Waals surface area contributed by atoms with Crippen LogP contribution in [-0.4, -0.2) is 27.3 Å². The predicted octanol–water partition coefficient (Wildman–Crippen LogP) is 4.24. The molecular formula is C20H17O2PSSe. The zero-order valence-corrected chi connectivity index (χ0v) is 17.1. The average molecular weight is 431 g/mol. The van der Waals surface area contributed by atoms with Crippen molar-refractivity contribution in [2.24, 2.45) is 0 Å². The minimum atomic E-state index is -2.00. The van der Waals surface area contributed by atoms with E-state index in [2.05, 4.69) is 39.4 Å². The Bertz CT molecular complexity index is 852. The minimum absolute atomic E-state index is 0.0578. The van der Waals surface area contributed by atoms with Crippen molar-refractivity contribution in [1.82, 2.24) is 0 Å². The molecule has 5 heteroatoms. The van der Waals surface area contributed by atoms with Crippen molar-refractivity contribution in [3.05, 3.63) is 90.5 Å². The summed E-state index contributed by atoms with van der Waals surface area (Å²) in [6, 6.07) is 27.7. The maximum absolute atomic E-state index is 12.9. The van der Waals surface area contributed by atoms with Gasteiger partial charge in [-0.3, -0.25) is 0 Å². The summed E-state index contributed by atoms with van der Waals surface area (Å²) in [7, 11) is 1.62. The van der Waals surface area contributed by atoms with Gasteiger partial charge in [0.2, 0.25) is 0 Å². The summed E-state index contributed by atoms with van der Waals surface area (Å²) in [6.07, 6.45) is 0. The molecule has 0 unspecified atom stereocenters. The van der Waals surface area contributed by atoms with E-state index in [1.807, 2.05) is 60.7 Å². The summed E-state index contributed by atoms with van der Waals surface area (Å²) >= 11 is 4.77. The van der Waals surface area contributed by atoms with Crippen molar-refractivity contribution in [3.63, 3.8) is 0 Å². The SMILES string of the molecule is COc1ccc(C(=O)SP(=[Se])(c2ccccc2)c2ccccc2)cc1. The van der Waals surface area contributed by atoms with Gasteiger partial charge in [-0.1, -0.05) is 0 Å². The van der Waals surface area contributed by atoms with Gasteiger partial charge in [0, 0.05) is 0 Å². The summed E-state index contributed by atoms with van der Waals surface area (Å²) in [5.41, 5.74) is 0.678. The molecule has 0 saturated carbocycles. The number of rotatable bonds is 5. The summed E-state index contributed by atoms with van der Waals surface area (Å²) in [4.78, 5) is 12.9. The van der Waals surface area contributed by atoms with E-state index >= 15 is 0 Å². The third-order valence-electron chi connectivity index (χ3n) is 3.73. The molecule has 3 rings (SSSR count). The van der Waals surface area contributed by atoms with E-state index in [1.54, 1.807) is 7.11 Å². The van der Waals surface area contributed by atoms with Crippen LogP contribution in [0.15, 0.2) is 84.9 Å². The van der Waals surface area contributed by atoms with Crippen molar-refractivity contribution in [1.29, 1.82) is 0 Å². The van der Waals surface area contributed by atoms with Crippen LogP contribution in [0.2, 0.25) is 0 Å². The van der Waals surface area contributed by atoms with E-state index < -0.39 is 4.71 Å². The third-order valence-corrected chi connectivity index (χ3v) is 12.9. The second-order valence-corrected chi connectivity index (χ2v) is 15.2. The summed E-state index contributed by atoms with van der Waals surface area (Å²) in [5.74, 6) is 0.747. The average Bonchev–Trinajstić information content (AvgIpc) is 2.69. The van der Waals surface area contributed by atoms with E-state index in [-0.39, 0.29) is 5.12 Å². The van der Waals surface area contributed by atoms with E-state index in [4.69, 9.17) is 4.74 Å². The fourth-order valence-electron chi connectivity index (χ4n) is 2.40. The van der Waals surface area contributed by atoms with Crippen LogP contribution in [-0.2, 0) is 0 Å². The van der Waals surface area contributed by atoms with Crippen molar-refractivity contribution in [2.75, 3.05) is 7.11 Å². The molecule has 3 aromatic carbocycles. The van der Waals surface area contributed by atoms with Crippen molar-refractivity contribution in [2.45, 2.75) is 0 Å². The molecule has 0 aromatic heterocycles. The molecule has 0 aliphatic heterocycles. The molecule has 0 amide bonds. The summed E-state index contributed by atoms with van der Waals surface area (Å²) in [6.45, 7) is 0. The number of carbonyl (C=O) groups is 1. The number of hydrogen-bond acceptors (Lipinski definition) is 3. The molecule has 0 saturated heterocycles. The van der Waals surface area contributed by atoms with Crippen molar-refractivity contribution < 1.29 is 9.53 Å². The zero-order chi connectivity index (χ0) is 17.7. The maximum atomic E-state index is 12.9. The molecule has 0 heterocycles. The van der Waals surface area contributed by atoms with Gasteiger partial charge in [0.15, 0.2) is 0 Å². The number of ether oxygens (including phenoxy) is 1. The van der Waals surface area contributed by atoms with Gasteiger partial charge >= 0.3 is 160 Å². The molecule has 126 valence electrons. The molecule has 0 fully saturated rings. The van der Waals surface area contributed by atoms with Gasteiger partial charge in [0.25, 0.3) is 0 Å². The third kappa shape index (κ3) is 4.16. The first-order valence-electron chi connectivity index (χ1n) is 7.73. The molecule has 0 spiro atoms. The number of benzene rings is 3. The van der Waals surface area contributed by atoms with E-state index in [0.717, 1.165) is 16.4 Å². The number of hydrogen-bond donors (Lipinski definition) is 0. The van der Waals surface area contributed by atoms with Gasteiger partial charge in [0.05, 0.1) is 0 Å². The Morgan fingerprint density at radius 3 is 1.76 bits per heavy atom. The monoisotopic (exact) mass is 432 g/mol. The molecule has 0 atom stereocenters. The van der Waals surface area contributed by atoms with Gasteiger partial charge in [0.1, 0.15) is 0 Å². The van der Waals surface area contributed by atoms with Crippen LogP contribution < -0.4 is 15.3 Å². The van der Waals surface area contributed by atoms with Crippen LogP contribution in [0.25, 0.3) is 0 Å². The molecule has 0 aliphatic carbocycles. The first-order valence-corrected chi connectivity index (χ1v) is 13.2. The number of carbonyl (C=O) groups excluding carboxylic acids is 1. The van der Waals surface area contributed by atoms with Crippen LogP contribution in [0.4, 0.5) is 0 Å². The Balaban J connectivity index is 1.98. The summed E-state index contributed by atoms with van der Waals surface area (Å²) < 4.78 is 3.17. The Morgan fingerprint density at radius 1 is 0.840 bits per heavy atom. The van der Waals surface area contributed by atoms with Crippen LogP contribution >= 0.6 is 16.1 Å². The van der Waals surface area contributed by atoms with Crippen LogP contribution in [0.3, 0.4) is 0 Å². The Labute approximate surface area is 159 Å². The summed E-state index contributed by atoms with van der Waals surface area (Å²) in [5, 5.41) is 2.38. The Hall–Kier alpha value is -1.57. The quantitative estimate of drug-likeness (QED) is 0.447.